The zero-order valence-electron chi connectivity index (χ0n) is 31.4. The molecule has 2 bridgehead atoms. The lowest BCUT2D eigenvalue weighted by Crippen LogP contribution is -2.74. The molecule has 12 heteroatoms. The molecule has 11 nitrogen and oxygen atoms in total. The van der Waals surface area contributed by atoms with E-state index in [0.29, 0.717) is 35.7 Å². The number of nitrogens with zero attached hydrogens (tertiary/aromatic N) is 1. The van der Waals surface area contributed by atoms with Gasteiger partial charge >= 0.3 is 12.1 Å². The molecule has 2 aliphatic heterocycles. The average Bonchev–Trinajstić information content (AvgIpc) is 3.39. The number of rotatable bonds is 8. The number of ether oxygens (including phenoxy) is 4. The van der Waals surface area contributed by atoms with Gasteiger partial charge in [0.25, 0.3) is 14.2 Å². The number of carbonyl (C=O) groups excluding carboxylic acids is 3. The van der Waals surface area contributed by atoms with Gasteiger partial charge in [-0.1, -0.05) is 57.2 Å². The van der Waals surface area contributed by atoms with E-state index in [1.807, 2.05) is 13.1 Å². The summed E-state index contributed by atoms with van der Waals surface area (Å²) >= 11 is 0. The second kappa shape index (κ2) is 12.7. The van der Waals surface area contributed by atoms with E-state index in [1.54, 1.807) is 57.2 Å². The van der Waals surface area contributed by atoms with Crippen LogP contribution in [0.1, 0.15) is 84.1 Å². The van der Waals surface area contributed by atoms with Crippen molar-refractivity contribution in [2.75, 3.05) is 13.6 Å². The number of esters is 1. The topological polar surface area (TPSA) is 133 Å². The second-order valence-corrected chi connectivity index (χ2v) is 21.7. The molecule has 1 saturated heterocycles. The van der Waals surface area contributed by atoms with Crippen molar-refractivity contribution in [1.29, 1.82) is 0 Å². The van der Waals surface area contributed by atoms with Crippen molar-refractivity contribution in [2.45, 2.75) is 127 Å². The van der Waals surface area contributed by atoms with Crippen LogP contribution in [-0.2, 0) is 35.6 Å². The molecule has 0 saturated carbocycles. The lowest BCUT2D eigenvalue weighted by molar-refractivity contribution is -0.170. The third-order valence-electron chi connectivity index (χ3n) is 11.4. The van der Waals surface area contributed by atoms with Gasteiger partial charge in [-0.3, -0.25) is 4.79 Å². The Bertz CT molecular complexity index is 1750. The summed E-state index contributed by atoms with van der Waals surface area (Å²) in [6.45, 7) is 18.2. The van der Waals surface area contributed by atoms with Crippen molar-refractivity contribution < 1.29 is 42.9 Å². The maximum atomic E-state index is 13.8. The Hall–Kier alpha value is -3.87. The first kappa shape index (κ1) is 36.9. The monoisotopic (exact) mass is 720 g/mol. The average molecular weight is 721 g/mol. The van der Waals surface area contributed by atoms with Gasteiger partial charge in [0, 0.05) is 23.6 Å². The minimum Gasteiger partial charge on any atom is -0.541 e. The van der Waals surface area contributed by atoms with Gasteiger partial charge in [0.15, 0.2) is 11.9 Å². The van der Waals surface area contributed by atoms with Crippen molar-refractivity contribution in [3.63, 3.8) is 0 Å². The molecule has 2 aliphatic carbocycles. The van der Waals surface area contributed by atoms with Crippen molar-refractivity contribution in [2.24, 2.45) is 0 Å². The summed E-state index contributed by atoms with van der Waals surface area (Å²) in [4.78, 5) is 42.1. The molecule has 1 unspecified atom stereocenters. The summed E-state index contributed by atoms with van der Waals surface area (Å²) in [6.07, 6.45) is 0.0923. The molecular weight excluding hydrogens is 669 g/mol. The van der Waals surface area contributed by atoms with E-state index in [0.717, 1.165) is 17.7 Å². The quantitative estimate of drug-likeness (QED) is 0.244. The molecule has 1 spiro atoms. The standard InChI is InChI=1S/C39H52N2O9Si/c1-23(40-33(42)30(24-14-12-11-13-15-24)48-35(44)49-36(2,3)4)34(43)46-27-18-19-39(45)28-22-25-16-17-26(50-51(9,10)37(5,6)7)31-29(25)38(39,32(27)47-31)20-21-41(28)8/h11-18,23,28,30,32,45H,19-22H2,1-10H3,(H,40,42)/t23-,28?,30-,32-,38-,39-/m0/s1. The van der Waals surface area contributed by atoms with Crippen LogP contribution < -0.4 is 14.5 Å². The van der Waals surface area contributed by atoms with Gasteiger partial charge in [-0.2, -0.15) is 0 Å². The minimum absolute atomic E-state index is 0.0583. The molecule has 4 aliphatic rings. The first-order chi connectivity index (χ1) is 23.7. The lowest BCUT2D eigenvalue weighted by atomic mass is 9.50. The Kier molecular flexibility index (Phi) is 9.16. The highest BCUT2D eigenvalue weighted by Crippen LogP contribution is 2.65. The third-order valence-corrected chi connectivity index (χ3v) is 15.7. The SMILES string of the molecule is C[C@H](NC(=O)[C@@H](OC(=O)OC(C)(C)C)c1ccccc1)C(=O)OC1=CC[C@]2(O)C3Cc4ccc(O[Si](C)(C)C(C)(C)C)c5c4[C@@]2(CCN3C)[C@H]1O5. The lowest BCUT2D eigenvalue weighted by Gasteiger charge is -2.61. The van der Waals surface area contributed by atoms with E-state index in [-0.39, 0.29) is 17.5 Å². The molecule has 0 radical (unpaired) electrons. The molecule has 6 rings (SSSR count). The summed E-state index contributed by atoms with van der Waals surface area (Å²) in [5.41, 5.74) is -0.415. The third kappa shape index (κ3) is 6.33. The summed E-state index contributed by atoms with van der Waals surface area (Å²) in [7, 11) is -0.236. The maximum Gasteiger partial charge on any atom is 0.509 e. The molecule has 2 aromatic rings. The van der Waals surface area contributed by atoms with Gasteiger partial charge < -0.3 is 38.7 Å². The number of likely N-dealkylation sites (tertiary alicyclic amines) is 1. The number of nitrogens with one attached hydrogen (secondary N) is 1. The van der Waals surface area contributed by atoms with Gasteiger partial charge in [0.1, 0.15) is 23.2 Å². The highest BCUT2D eigenvalue weighted by Gasteiger charge is 2.72. The van der Waals surface area contributed by atoms with Crippen molar-refractivity contribution in [3.05, 3.63) is 71.0 Å². The maximum absolute atomic E-state index is 13.8. The van der Waals surface area contributed by atoms with Crippen LogP contribution >= 0.6 is 0 Å². The second-order valence-electron chi connectivity index (χ2n) is 17.0. The number of aliphatic hydroxyl groups is 1. The molecule has 0 aromatic heterocycles. The van der Waals surface area contributed by atoms with E-state index in [9.17, 15) is 19.5 Å². The number of hydrogen-bond acceptors (Lipinski definition) is 10. The fraction of sp³-hybridized carbons (Fsp3) is 0.564. The van der Waals surface area contributed by atoms with Crippen LogP contribution in [0.15, 0.2) is 54.3 Å². The van der Waals surface area contributed by atoms with Gasteiger partial charge in [0.2, 0.25) is 6.10 Å². The predicted molar refractivity (Wildman–Crippen MR) is 193 cm³/mol. The number of amides is 1. The highest BCUT2D eigenvalue weighted by molar-refractivity contribution is 6.74. The Morgan fingerprint density at radius 3 is 2.39 bits per heavy atom. The number of piperidine rings is 1. The fourth-order valence-electron chi connectivity index (χ4n) is 7.76. The smallest absolute Gasteiger partial charge is 0.509 e. The van der Waals surface area contributed by atoms with Crippen LogP contribution in [0.3, 0.4) is 0 Å². The molecule has 2 aromatic carbocycles. The number of benzene rings is 2. The zero-order chi connectivity index (χ0) is 37.3. The molecule has 2 heterocycles. The first-order valence-electron chi connectivity index (χ1n) is 17.8. The summed E-state index contributed by atoms with van der Waals surface area (Å²) in [5, 5.41) is 15.3. The Morgan fingerprint density at radius 1 is 1.06 bits per heavy atom. The highest BCUT2D eigenvalue weighted by atomic mass is 28.4. The number of likely N-dealkylation sites (N-methyl/N-ethyl adjacent to an activating group) is 1. The zero-order valence-corrected chi connectivity index (χ0v) is 32.4. The van der Waals surface area contributed by atoms with Crippen LogP contribution in [-0.4, -0.2) is 79.3 Å². The molecule has 6 atom stereocenters. The fourth-order valence-corrected chi connectivity index (χ4v) is 8.78. The molecule has 276 valence electrons. The van der Waals surface area contributed by atoms with Crippen LogP contribution in [0.2, 0.25) is 18.1 Å². The Morgan fingerprint density at radius 2 is 1.75 bits per heavy atom. The van der Waals surface area contributed by atoms with Gasteiger partial charge in [-0.05, 0) is 90.0 Å². The molecule has 1 amide bonds. The molecular formula is C39H52N2O9Si. The Labute approximate surface area is 301 Å². The van der Waals surface area contributed by atoms with Crippen LogP contribution in [0.4, 0.5) is 4.79 Å². The first-order valence-corrected chi connectivity index (χ1v) is 20.7. The van der Waals surface area contributed by atoms with Crippen molar-refractivity contribution >= 4 is 26.3 Å². The van der Waals surface area contributed by atoms with E-state index in [1.165, 1.54) is 6.92 Å². The normalized spacial score (nSPS) is 26.5. The van der Waals surface area contributed by atoms with Gasteiger partial charge in [-0.25, -0.2) is 9.59 Å². The Balaban J connectivity index is 1.27. The van der Waals surface area contributed by atoms with E-state index >= 15 is 0 Å². The minimum atomic E-state index is -2.28. The van der Waals surface area contributed by atoms with E-state index in [2.05, 4.69) is 50.1 Å². The molecule has 51 heavy (non-hydrogen) atoms. The predicted octanol–water partition coefficient (Wildman–Crippen LogP) is 6.09. The van der Waals surface area contributed by atoms with Crippen LogP contribution in [0.5, 0.6) is 11.5 Å². The number of carbonyl (C=O) groups is 3. The summed E-state index contributed by atoms with van der Waals surface area (Å²) in [5.74, 6) is 0.111. The summed E-state index contributed by atoms with van der Waals surface area (Å²) in [6, 6.07) is 11.3. The van der Waals surface area contributed by atoms with Gasteiger partial charge in [-0.15, -0.1) is 0 Å². The van der Waals surface area contributed by atoms with Crippen LogP contribution in [0, 0.1) is 0 Å². The summed E-state index contributed by atoms with van der Waals surface area (Å²) < 4.78 is 30.5. The van der Waals surface area contributed by atoms with Gasteiger partial charge in [0.05, 0.1) is 11.0 Å². The van der Waals surface area contributed by atoms with Crippen molar-refractivity contribution in [3.8, 4) is 11.5 Å². The number of hydrogen-bond donors (Lipinski definition) is 2. The molecule has 1 fully saturated rings. The molecule has 2 N–H and O–H groups in total. The van der Waals surface area contributed by atoms with Crippen LogP contribution in [0.25, 0.3) is 0 Å². The largest absolute Gasteiger partial charge is 0.541 e. The van der Waals surface area contributed by atoms with E-state index < -0.39 is 61.2 Å². The van der Waals surface area contributed by atoms with E-state index in [4.69, 9.17) is 23.4 Å². The van der Waals surface area contributed by atoms with Crippen molar-refractivity contribution in [1.82, 2.24) is 10.2 Å².